The van der Waals surface area contributed by atoms with Crippen molar-refractivity contribution < 1.29 is 15.3 Å². The van der Waals surface area contributed by atoms with E-state index < -0.39 is 30.9 Å². The molecule has 4 N–H and O–H groups in total. The van der Waals surface area contributed by atoms with Gasteiger partial charge in [-0.25, -0.2) is 0 Å². The number of hydrogen-bond acceptors (Lipinski definition) is 8. The minimum Gasteiger partial charge on any atom is -0.394 e. The van der Waals surface area contributed by atoms with Gasteiger partial charge >= 0.3 is 0 Å². The maximum Gasteiger partial charge on any atom is 0.148 e. The van der Waals surface area contributed by atoms with Crippen molar-refractivity contribution in [1.29, 1.82) is 0 Å². The lowest BCUT2D eigenvalue weighted by molar-refractivity contribution is -0.00326. The monoisotopic (exact) mass is 263 g/mol. The molecule has 0 aromatic heterocycles. The highest BCUT2D eigenvalue weighted by molar-refractivity contribution is 4.91. The Bertz CT molecular complexity index is 242. The van der Waals surface area contributed by atoms with Crippen LogP contribution in [0.5, 0.6) is 0 Å². The molecular weight excluding hydrogens is 242 g/mol. The molecular formula is C10H21N3O5. The number of unbranched alkanes of at least 4 members (excludes halogenated alkanes) is 1. The summed E-state index contributed by atoms with van der Waals surface area (Å²) in [5.41, 5.74) is 0. The third-order valence-corrected chi connectivity index (χ3v) is 2.64. The molecule has 0 aliphatic heterocycles. The molecule has 8 heteroatoms. The summed E-state index contributed by atoms with van der Waals surface area (Å²) in [6.07, 6.45) is -0.870. The Morgan fingerprint density at radius 3 is 2.33 bits per heavy atom. The fourth-order valence-electron chi connectivity index (χ4n) is 1.46. The summed E-state index contributed by atoms with van der Waals surface area (Å²) in [7, 11) is 0. The molecule has 8 nitrogen and oxygen atoms in total. The first-order chi connectivity index (χ1) is 8.62. The predicted molar refractivity (Wildman–Crippen MR) is 66.0 cm³/mol. The summed E-state index contributed by atoms with van der Waals surface area (Å²) < 4.78 is 0. The largest absolute Gasteiger partial charge is 0.394 e. The van der Waals surface area contributed by atoms with Crippen molar-refractivity contribution in [2.75, 3.05) is 19.7 Å². The van der Waals surface area contributed by atoms with Crippen LogP contribution in [0.25, 0.3) is 0 Å². The van der Waals surface area contributed by atoms with Crippen LogP contribution in [-0.4, -0.2) is 59.3 Å². The third kappa shape index (κ3) is 5.58. The van der Waals surface area contributed by atoms with Gasteiger partial charge in [-0.3, -0.25) is 0 Å². The van der Waals surface area contributed by atoms with Gasteiger partial charge in [0.25, 0.3) is 0 Å². The zero-order chi connectivity index (χ0) is 14.0. The number of nitrogens with one attached hydrogen (secondary N) is 1. The molecule has 0 saturated carbocycles. The Hall–Kier alpha value is -0.960. The number of aliphatic hydroxyl groups excluding tert-OH is 3. The summed E-state index contributed by atoms with van der Waals surface area (Å²) in [5, 5.41) is 36.1. The Balaban J connectivity index is 4.26. The molecule has 0 amide bonds. The maximum atomic E-state index is 10.5. The summed E-state index contributed by atoms with van der Waals surface area (Å²) >= 11 is 0. The number of nitroso groups, excluding NO2 is 2. The topological polar surface area (TPSA) is 132 Å². The molecule has 0 aromatic rings. The van der Waals surface area contributed by atoms with Crippen molar-refractivity contribution in [3.05, 3.63) is 9.81 Å². The van der Waals surface area contributed by atoms with Crippen LogP contribution in [0, 0.1) is 9.81 Å². The third-order valence-electron chi connectivity index (χ3n) is 2.64. The fraction of sp³-hybridized carbons (Fsp3) is 1.00. The van der Waals surface area contributed by atoms with E-state index in [1.165, 1.54) is 0 Å². The van der Waals surface area contributed by atoms with E-state index >= 15 is 0 Å². The second kappa shape index (κ2) is 10.0. The van der Waals surface area contributed by atoms with E-state index in [0.717, 1.165) is 12.8 Å². The number of nitrogens with zero attached hydrogens (tertiary/aromatic N) is 2. The van der Waals surface area contributed by atoms with Crippen molar-refractivity contribution in [2.45, 2.75) is 44.1 Å². The van der Waals surface area contributed by atoms with E-state index in [4.69, 9.17) is 5.11 Å². The lowest BCUT2D eigenvalue weighted by Crippen LogP contribution is -2.47. The van der Waals surface area contributed by atoms with Gasteiger partial charge in [0.1, 0.15) is 18.2 Å². The van der Waals surface area contributed by atoms with Crippen LogP contribution in [0.4, 0.5) is 0 Å². The molecule has 0 radical (unpaired) electrons. The zero-order valence-electron chi connectivity index (χ0n) is 10.4. The van der Waals surface area contributed by atoms with E-state index in [1.54, 1.807) is 0 Å². The van der Waals surface area contributed by atoms with E-state index in [-0.39, 0.29) is 6.54 Å². The normalized spacial score (nSPS) is 17.8. The second-order valence-corrected chi connectivity index (χ2v) is 4.07. The van der Waals surface area contributed by atoms with Crippen LogP contribution in [0.1, 0.15) is 19.8 Å². The molecule has 106 valence electrons. The van der Waals surface area contributed by atoms with Crippen molar-refractivity contribution in [1.82, 2.24) is 5.32 Å². The Kier molecular flexibility index (Phi) is 9.47. The van der Waals surface area contributed by atoms with Gasteiger partial charge in [0.15, 0.2) is 0 Å². The van der Waals surface area contributed by atoms with Crippen LogP contribution >= 0.6 is 0 Å². The minimum absolute atomic E-state index is 0.0736. The van der Waals surface area contributed by atoms with Gasteiger partial charge in [-0.2, -0.15) is 9.81 Å². The zero-order valence-corrected chi connectivity index (χ0v) is 10.4. The molecule has 0 heterocycles. The molecule has 18 heavy (non-hydrogen) atoms. The van der Waals surface area contributed by atoms with Crippen LogP contribution in [0.3, 0.4) is 0 Å². The first-order valence-electron chi connectivity index (χ1n) is 5.94. The van der Waals surface area contributed by atoms with E-state index in [0.29, 0.717) is 6.54 Å². The van der Waals surface area contributed by atoms with Gasteiger partial charge < -0.3 is 20.6 Å². The van der Waals surface area contributed by atoms with Gasteiger partial charge in [0.05, 0.1) is 12.7 Å². The van der Waals surface area contributed by atoms with Gasteiger partial charge in [0.2, 0.25) is 0 Å². The lowest BCUT2D eigenvalue weighted by Gasteiger charge is -2.24. The Labute approximate surface area is 105 Å². The number of aliphatic hydroxyl groups is 3. The van der Waals surface area contributed by atoms with E-state index in [9.17, 15) is 20.0 Å². The van der Waals surface area contributed by atoms with Crippen molar-refractivity contribution in [3.63, 3.8) is 0 Å². The first-order valence-corrected chi connectivity index (χ1v) is 5.94. The van der Waals surface area contributed by atoms with Crippen LogP contribution in [0.2, 0.25) is 0 Å². The molecule has 0 aliphatic rings. The Morgan fingerprint density at radius 1 is 1.22 bits per heavy atom. The quantitative estimate of drug-likeness (QED) is 0.289. The molecule has 0 saturated heterocycles. The Morgan fingerprint density at radius 2 is 1.89 bits per heavy atom. The van der Waals surface area contributed by atoms with Crippen molar-refractivity contribution in [3.8, 4) is 0 Å². The van der Waals surface area contributed by atoms with Gasteiger partial charge in [-0.1, -0.05) is 23.7 Å². The SMILES string of the molecule is CCCCNCC(O)C(O)C(N=O)C(CO)N=O. The summed E-state index contributed by atoms with van der Waals surface area (Å²) in [5.74, 6) is 0. The molecule has 0 aliphatic carbocycles. The highest BCUT2D eigenvalue weighted by Crippen LogP contribution is 2.11. The number of hydrogen-bond donors (Lipinski definition) is 4. The highest BCUT2D eigenvalue weighted by atomic mass is 16.3. The van der Waals surface area contributed by atoms with Crippen molar-refractivity contribution >= 4 is 0 Å². The van der Waals surface area contributed by atoms with E-state index in [2.05, 4.69) is 15.7 Å². The summed E-state index contributed by atoms with van der Waals surface area (Å²) in [4.78, 5) is 20.9. The summed E-state index contributed by atoms with van der Waals surface area (Å²) in [6.45, 7) is 2.06. The molecule has 0 rings (SSSR count). The van der Waals surface area contributed by atoms with Gasteiger partial charge in [0, 0.05) is 6.54 Å². The van der Waals surface area contributed by atoms with E-state index in [1.807, 2.05) is 6.92 Å². The smallest absolute Gasteiger partial charge is 0.148 e. The molecule has 0 fully saturated rings. The fourth-order valence-corrected chi connectivity index (χ4v) is 1.46. The predicted octanol–water partition coefficient (Wildman–Crippen LogP) is -0.640. The molecule has 4 unspecified atom stereocenters. The van der Waals surface area contributed by atoms with Crippen LogP contribution in [0.15, 0.2) is 10.4 Å². The van der Waals surface area contributed by atoms with Gasteiger partial charge in [-0.05, 0) is 13.0 Å². The van der Waals surface area contributed by atoms with Crippen LogP contribution < -0.4 is 5.32 Å². The minimum atomic E-state index is -1.54. The number of rotatable bonds is 11. The highest BCUT2D eigenvalue weighted by Gasteiger charge is 2.34. The molecule has 0 spiro atoms. The first kappa shape index (κ1) is 17.0. The average molecular weight is 263 g/mol. The second-order valence-electron chi connectivity index (χ2n) is 4.07. The molecule has 0 aromatic carbocycles. The van der Waals surface area contributed by atoms with Crippen LogP contribution in [-0.2, 0) is 0 Å². The summed E-state index contributed by atoms with van der Waals surface area (Å²) in [6, 6.07) is -2.79. The molecule has 4 atom stereocenters. The lowest BCUT2D eigenvalue weighted by atomic mass is 10.00. The van der Waals surface area contributed by atoms with Crippen molar-refractivity contribution in [2.24, 2.45) is 10.4 Å². The standard InChI is InChI=1S/C10H21N3O5/c1-2-3-4-11-5-8(15)10(16)9(13-18)7(6-14)12-17/h7-11,14-16H,2-6H2,1H3. The maximum absolute atomic E-state index is 10.5. The average Bonchev–Trinajstić information content (AvgIpc) is 2.39. The van der Waals surface area contributed by atoms with Gasteiger partial charge in [-0.15, -0.1) is 0 Å². The molecule has 0 bridgehead atoms.